The van der Waals surface area contributed by atoms with Gasteiger partial charge in [0, 0.05) is 12.6 Å². The van der Waals surface area contributed by atoms with Gasteiger partial charge in [-0.15, -0.1) is 0 Å². The summed E-state index contributed by atoms with van der Waals surface area (Å²) in [4.78, 5) is 11.2. The van der Waals surface area contributed by atoms with Crippen LogP contribution in [0.4, 0.5) is 11.5 Å². The van der Waals surface area contributed by atoms with Gasteiger partial charge in [-0.3, -0.25) is 9.36 Å². The molecular weight excluding hydrogens is 154 g/mol. The second kappa shape index (κ2) is 3.30. The third kappa shape index (κ3) is 1.42. The first-order chi connectivity index (χ1) is 5.66. The van der Waals surface area contributed by atoms with E-state index in [0.717, 1.165) is 6.42 Å². The molecule has 12 heavy (non-hydrogen) atoms. The van der Waals surface area contributed by atoms with E-state index < -0.39 is 0 Å². The van der Waals surface area contributed by atoms with Crippen molar-refractivity contribution >= 4 is 11.5 Å². The fourth-order valence-corrected chi connectivity index (χ4v) is 1.07. The van der Waals surface area contributed by atoms with E-state index in [1.54, 1.807) is 0 Å². The highest BCUT2D eigenvalue weighted by Crippen LogP contribution is 2.10. The van der Waals surface area contributed by atoms with Crippen molar-refractivity contribution in [2.45, 2.75) is 19.9 Å². The molecule has 0 unspecified atom stereocenters. The maximum atomic E-state index is 11.2. The van der Waals surface area contributed by atoms with Crippen LogP contribution in [0.25, 0.3) is 0 Å². The summed E-state index contributed by atoms with van der Waals surface area (Å²) in [6, 6.07) is 2.96. The number of nitrogens with two attached hydrogens (primary N) is 2. The number of pyridine rings is 1. The van der Waals surface area contributed by atoms with Crippen molar-refractivity contribution in [1.82, 2.24) is 4.57 Å². The number of nitrogen functional groups attached to an aromatic ring is 2. The zero-order chi connectivity index (χ0) is 9.14. The quantitative estimate of drug-likeness (QED) is 0.670. The van der Waals surface area contributed by atoms with Gasteiger partial charge in [0.1, 0.15) is 5.82 Å². The Labute approximate surface area is 70.8 Å². The molecule has 0 aliphatic heterocycles. The van der Waals surface area contributed by atoms with E-state index in [1.807, 2.05) is 6.92 Å². The monoisotopic (exact) mass is 167 g/mol. The third-order valence-corrected chi connectivity index (χ3v) is 1.71. The molecule has 4 heteroatoms. The second-order valence-corrected chi connectivity index (χ2v) is 2.66. The van der Waals surface area contributed by atoms with Gasteiger partial charge in [-0.05, 0) is 12.5 Å². The molecule has 1 rings (SSSR count). The van der Waals surface area contributed by atoms with Crippen LogP contribution in [-0.2, 0) is 6.54 Å². The molecule has 0 aliphatic carbocycles. The van der Waals surface area contributed by atoms with Crippen molar-refractivity contribution in [3.63, 3.8) is 0 Å². The molecule has 0 amide bonds. The molecule has 0 aromatic carbocycles. The van der Waals surface area contributed by atoms with Crippen LogP contribution in [0.2, 0.25) is 0 Å². The molecule has 1 aromatic rings. The van der Waals surface area contributed by atoms with Gasteiger partial charge in [0.15, 0.2) is 0 Å². The fraction of sp³-hybridized carbons (Fsp3) is 0.375. The predicted octanol–water partition coefficient (Wildman–Crippen LogP) is 0.423. The third-order valence-electron chi connectivity index (χ3n) is 1.71. The van der Waals surface area contributed by atoms with Crippen molar-refractivity contribution in [2.75, 3.05) is 11.5 Å². The lowest BCUT2D eigenvalue weighted by molar-refractivity contribution is 0.664. The summed E-state index contributed by atoms with van der Waals surface area (Å²) < 4.78 is 1.48. The molecule has 1 aromatic heterocycles. The Morgan fingerprint density at radius 1 is 1.42 bits per heavy atom. The molecule has 0 atom stereocenters. The number of nitrogens with zero attached hydrogens (tertiary/aromatic N) is 1. The average molecular weight is 167 g/mol. The Morgan fingerprint density at radius 2 is 2.08 bits per heavy atom. The van der Waals surface area contributed by atoms with Crippen molar-refractivity contribution in [2.24, 2.45) is 0 Å². The molecule has 0 bridgehead atoms. The number of hydrogen-bond acceptors (Lipinski definition) is 3. The van der Waals surface area contributed by atoms with Crippen LogP contribution in [0.15, 0.2) is 16.9 Å². The molecule has 0 aliphatic rings. The maximum Gasteiger partial charge on any atom is 0.252 e. The average Bonchev–Trinajstić information content (AvgIpc) is 2.06. The molecule has 0 spiro atoms. The lowest BCUT2D eigenvalue weighted by Crippen LogP contribution is -2.22. The SMILES string of the molecule is CCCn1c(N)c(N)ccc1=O. The summed E-state index contributed by atoms with van der Waals surface area (Å²) >= 11 is 0. The zero-order valence-electron chi connectivity index (χ0n) is 7.08. The molecule has 0 saturated carbocycles. The summed E-state index contributed by atoms with van der Waals surface area (Å²) in [6.45, 7) is 2.60. The summed E-state index contributed by atoms with van der Waals surface area (Å²) in [5, 5.41) is 0. The Bertz CT molecular complexity index is 330. The summed E-state index contributed by atoms with van der Waals surface area (Å²) in [7, 11) is 0. The summed E-state index contributed by atoms with van der Waals surface area (Å²) in [5.41, 5.74) is 11.5. The fourth-order valence-electron chi connectivity index (χ4n) is 1.07. The standard InChI is InChI=1S/C8H13N3O/c1-2-5-11-7(12)4-3-6(9)8(11)10/h3-4H,2,5,9-10H2,1H3. The van der Waals surface area contributed by atoms with Gasteiger partial charge in [-0.1, -0.05) is 6.92 Å². The van der Waals surface area contributed by atoms with Crippen LogP contribution in [0.3, 0.4) is 0 Å². The minimum atomic E-state index is -0.0939. The van der Waals surface area contributed by atoms with E-state index in [-0.39, 0.29) is 5.56 Å². The highest BCUT2D eigenvalue weighted by molar-refractivity contribution is 5.57. The van der Waals surface area contributed by atoms with E-state index in [1.165, 1.54) is 16.7 Å². The van der Waals surface area contributed by atoms with Crippen molar-refractivity contribution in [3.8, 4) is 0 Å². The van der Waals surface area contributed by atoms with Crippen molar-refractivity contribution < 1.29 is 0 Å². The van der Waals surface area contributed by atoms with Crippen LogP contribution in [0.5, 0.6) is 0 Å². The minimum absolute atomic E-state index is 0.0939. The largest absolute Gasteiger partial charge is 0.396 e. The molecule has 0 saturated heterocycles. The van der Waals surface area contributed by atoms with Gasteiger partial charge < -0.3 is 11.5 Å². The lowest BCUT2D eigenvalue weighted by Gasteiger charge is -2.08. The Hall–Kier alpha value is -1.45. The van der Waals surface area contributed by atoms with E-state index in [4.69, 9.17) is 11.5 Å². The highest BCUT2D eigenvalue weighted by atomic mass is 16.1. The Kier molecular flexibility index (Phi) is 2.38. The normalized spacial score (nSPS) is 10.1. The zero-order valence-corrected chi connectivity index (χ0v) is 7.08. The molecule has 0 radical (unpaired) electrons. The molecule has 4 N–H and O–H groups in total. The number of rotatable bonds is 2. The molecule has 0 fully saturated rings. The van der Waals surface area contributed by atoms with Gasteiger partial charge in [0.05, 0.1) is 5.69 Å². The van der Waals surface area contributed by atoms with Crippen LogP contribution < -0.4 is 17.0 Å². The first kappa shape index (κ1) is 8.64. The maximum absolute atomic E-state index is 11.2. The van der Waals surface area contributed by atoms with Gasteiger partial charge in [0.2, 0.25) is 0 Å². The molecule has 1 heterocycles. The van der Waals surface area contributed by atoms with Gasteiger partial charge in [0.25, 0.3) is 5.56 Å². The molecule has 4 nitrogen and oxygen atoms in total. The number of anilines is 2. The number of aromatic nitrogens is 1. The summed E-state index contributed by atoms with van der Waals surface area (Å²) in [5.74, 6) is 0.365. The first-order valence-corrected chi connectivity index (χ1v) is 3.91. The topological polar surface area (TPSA) is 74.0 Å². The van der Waals surface area contributed by atoms with Gasteiger partial charge in [-0.25, -0.2) is 0 Å². The smallest absolute Gasteiger partial charge is 0.252 e. The van der Waals surface area contributed by atoms with E-state index in [0.29, 0.717) is 18.1 Å². The van der Waals surface area contributed by atoms with Crippen LogP contribution >= 0.6 is 0 Å². The highest BCUT2D eigenvalue weighted by Gasteiger charge is 2.01. The summed E-state index contributed by atoms with van der Waals surface area (Å²) in [6.07, 6.45) is 0.869. The van der Waals surface area contributed by atoms with Crippen molar-refractivity contribution in [3.05, 3.63) is 22.5 Å². The molecule has 66 valence electrons. The van der Waals surface area contributed by atoms with Gasteiger partial charge >= 0.3 is 0 Å². The van der Waals surface area contributed by atoms with Crippen LogP contribution in [0.1, 0.15) is 13.3 Å². The van der Waals surface area contributed by atoms with Crippen LogP contribution in [0, 0.1) is 0 Å². The van der Waals surface area contributed by atoms with E-state index in [2.05, 4.69) is 0 Å². The predicted molar refractivity (Wildman–Crippen MR) is 49.8 cm³/mol. The van der Waals surface area contributed by atoms with Crippen LogP contribution in [-0.4, -0.2) is 4.57 Å². The lowest BCUT2D eigenvalue weighted by atomic mass is 10.3. The van der Waals surface area contributed by atoms with E-state index in [9.17, 15) is 4.79 Å². The Balaban J connectivity index is 3.23. The minimum Gasteiger partial charge on any atom is -0.396 e. The second-order valence-electron chi connectivity index (χ2n) is 2.66. The Morgan fingerprint density at radius 3 is 2.67 bits per heavy atom. The number of hydrogen-bond donors (Lipinski definition) is 2. The van der Waals surface area contributed by atoms with Gasteiger partial charge in [-0.2, -0.15) is 0 Å². The van der Waals surface area contributed by atoms with Crippen molar-refractivity contribution in [1.29, 1.82) is 0 Å². The molecular formula is C8H13N3O. The van der Waals surface area contributed by atoms with E-state index >= 15 is 0 Å². The first-order valence-electron chi connectivity index (χ1n) is 3.91.